The Labute approximate surface area is 288 Å². The van der Waals surface area contributed by atoms with E-state index >= 15 is 0 Å². The van der Waals surface area contributed by atoms with Gasteiger partial charge in [-0.2, -0.15) is 0 Å². The summed E-state index contributed by atoms with van der Waals surface area (Å²) in [5.41, 5.74) is 13.2. The molecule has 0 radical (unpaired) electrons. The molecule has 1 aromatic heterocycles. The zero-order chi connectivity index (χ0) is 33.6. The van der Waals surface area contributed by atoms with Crippen molar-refractivity contribution in [1.82, 2.24) is 14.9 Å². The highest BCUT2D eigenvalue weighted by Gasteiger charge is 2.35. The number of fused-ring (bicyclic) bond motifs is 6. The van der Waals surface area contributed by atoms with Gasteiger partial charge in [-0.05, 0) is 40.6 Å². The summed E-state index contributed by atoms with van der Waals surface area (Å²) in [4.78, 5) is 44.8. The third-order valence-electron chi connectivity index (χ3n) is 9.58. The first-order chi connectivity index (χ1) is 23.9. The number of nitrogens with zero attached hydrogens (tertiary/aromatic N) is 5. The van der Waals surface area contributed by atoms with E-state index in [9.17, 15) is 9.59 Å². The van der Waals surface area contributed by atoms with Gasteiger partial charge in [0.1, 0.15) is 6.61 Å². The van der Waals surface area contributed by atoms with Gasteiger partial charge >= 0.3 is 0 Å². The van der Waals surface area contributed by atoms with Crippen LogP contribution in [-0.2, 0) is 30.8 Å². The zero-order valence-electron chi connectivity index (χ0n) is 26.8. The van der Waals surface area contributed by atoms with E-state index in [1.165, 1.54) is 12.7 Å². The quantitative estimate of drug-likeness (QED) is 0.166. The minimum atomic E-state index is -0.141. The van der Waals surface area contributed by atoms with E-state index in [1.54, 1.807) is 29.4 Å². The molecule has 4 heterocycles. The fourth-order valence-corrected chi connectivity index (χ4v) is 7.42. The maximum atomic E-state index is 13.7. The summed E-state index contributed by atoms with van der Waals surface area (Å²) in [6, 6.07) is 21.3. The topological polar surface area (TPSA) is 123 Å². The summed E-state index contributed by atoms with van der Waals surface area (Å²) in [6.07, 6.45) is 5.78. The molecule has 5 aromatic rings. The Bertz CT molecular complexity index is 2170. The van der Waals surface area contributed by atoms with Gasteiger partial charge in [0, 0.05) is 60.1 Å². The van der Waals surface area contributed by atoms with E-state index in [0.717, 1.165) is 27.6 Å². The number of alkyl halides is 1. The second-order valence-corrected chi connectivity index (χ2v) is 12.8. The molecule has 246 valence electrons. The van der Waals surface area contributed by atoms with Crippen LogP contribution < -0.4 is 20.1 Å². The predicted octanol–water partition coefficient (Wildman–Crippen LogP) is 5.99. The Morgan fingerprint density at radius 3 is 2.59 bits per heavy atom. The molecule has 0 bridgehead atoms. The number of benzene rings is 4. The molecule has 0 saturated carbocycles. The molecular formula is C38H33ClN6O4. The van der Waals surface area contributed by atoms with Crippen LogP contribution in [-0.4, -0.2) is 58.5 Å². The average Bonchev–Trinajstić information content (AvgIpc) is 3.45. The number of halogens is 1. The number of nitrogens with two attached hydrogens (primary N) is 1. The monoisotopic (exact) mass is 672 g/mol. The van der Waals surface area contributed by atoms with E-state index in [0.29, 0.717) is 65.2 Å². The third-order valence-corrected chi connectivity index (χ3v) is 9.95. The first kappa shape index (κ1) is 30.8. The molecule has 2 N–H and O–H groups in total. The standard InChI is InChI=1S/C38H33ClN6O4/c1-48-34-12-30-32(42-18-27-10-22-6-2-3-7-23(22)19-44(27)38(30)47)14-35(34)49-21-26-17-41-16-25(43-26)11-36(46)45-20-24(15-39)37-29-9-5-4-8-28(29)31(40)13-33(37)45/h2-9,12-14,16-18,24,27H,10-11,15,19-21,40H2,1H3/t24-,27+/m1/s1. The minimum Gasteiger partial charge on any atom is -0.493 e. The largest absolute Gasteiger partial charge is 0.493 e. The number of rotatable bonds is 7. The summed E-state index contributed by atoms with van der Waals surface area (Å²) in [6.45, 7) is 1.05. The minimum absolute atomic E-state index is 0.00926. The smallest absolute Gasteiger partial charge is 0.257 e. The second-order valence-electron chi connectivity index (χ2n) is 12.5. The molecule has 4 aromatic carbocycles. The zero-order valence-corrected chi connectivity index (χ0v) is 27.6. The van der Waals surface area contributed by atoms with Crippen LogP contribution in [0.5, 0.6) is 11.5 Å². The van der Waals surface area contributed by atoms with Gasteiger partial charge in [0.25, 0.3) is 5.91 Å². The molecule has 2 amide bonds. The lowest BCUT2D eigenvalue weighted by molar-refractivity contribution is -0.118. The summed E-state index contributed by atoms with van der Waals surface area (Å²) in [5, 5.41) is 1.97. The molecular weight excluding hydrogens is 640 g/mol. The third kappa shape index (κ3) is 5.51. The molecule has 0 spiro atoms. The highest BCUT2D eigenvalue weighted by molar-refractivity contribution is 6.19. The van der Waals surface area contributed by atoms with Crippen LogP contribution in [0.25, 0.3) is 10.8 Å². The summed E-state index contributed by atoms with van der Waals surface area (Å²) in [7, 11) is 1.53. The fourth-order valence-electron chi connectivity index (χ4n) is 7.17. The van der Waals surface area contributed by atoms with E-state index in [4.69, 9.17) is 31.8 Å². The number of hydrogen-bond donors (Lipinski definition) is 1. The van der Waals surface area contributed by atoms with Crippen molar-refractivity contribution in [3.63, 3.8) is 0 Å². The van der Waals surface area contributed by atoms with Gasteiger partial charge in [-0.1, -0.05) is 48.5 Å². The number of methoxy groups -OCH3 is 1. The Balaban J connectivity index is 0.997. The second kappa shape index (κ2) is 12.5. The summed E-state index contributed by atoms with van der Waals surface area (Å²) in [5.74, 6) is 0.981. The number of carbonyl (C=O) groups is 2. The Kier molecular flexibility index (Phi) is 7.88. The number of nitrogen functional groups attached to an aromatic ring is 1. The van der Waals surface area contributed by atoms with Gasteiger partial charge in [-0.15, -0.1) is 11.6 Å². The van der Waals surface area contributed by atoms with Crippen molar-refractivity contribution in [3.8, 4) is 11.5 Å². The number of aromatic nitrogens is 2. The number of hydrogen-bond acceptors (Lipinski definition) is 8. The molecule has 10 nitrogen and oxygen atoms in total. The van der Waals surface area contributed by atoms with Gasteiger partial charge < -0.3 is 25.0 Å². The number of aliphatic imine (C=N–C) groups is 1. The molecule has 0 fully saturated rings. The van der Waals surface area contributed by atoms with Gasteiger partial charge in [0.2, 0.25) is 5.91 Å². The first-order valence-electron chi connectivity index (χ1n) is 16.2. The lowest BCUT2D eigenvalue weighted by atomic mass is 9.94. The number of anilines is 2. The Morgan fingerprint density at radius 1 is 1.00 bits per heavy atom. The maximum Gasteiger partial charge on any atom is 0.257 e. The van der Waals surface area contributed by atoms with Crippen LogP contribution in [0, 0.1) is 0 Å². The van der Waals surface area contributed by atoms with Gasteiger partial charge in [0.05, 0.1) is 48.4 Å². The molecule has 0 saturated heterocycles. The van der Waals surface area contributed by atoms with E-state index < -0.39 is 0 Å². The molecule has 49 heavy (non-hydrogen) atoms. The van der Waals surface area contributed by atoms with E-state index in [2.05, 4.69) is 22.1 Å². The lowest BCUT2D eigenvalue weighted by Gasteiger charge is -2.34. The molecule has 3 aliphatic heterocycles. The van der Waals surface area contributed by atoms with Crippen molar-refractivity contribution < 1.29 is 19.1 Å². The Hall–Kier alpha value is -5.48. The van der Waals surface area contributed by atoms with Gasteiger partial charge in [-0.3, -0.25) is 24.5 Å². The van der Waals surface area contributed by atoms with Crippen molar-refractivity contribution in [2.75, 3.05) is 30.2 Å². The fraction of sp³-hybridized carbons (Fsp3) is 0.237. The van der Waals surface area contributed by atoms with Crippen LogP contribution in [0.1, 0.15) is 44.4 Å². The van der Waals surface area contributed by atoms with Gasteiger partial charge in [-0.25, -0.2) is 0 Å². The molecule has 0 aliphatic carbocycles. The Morgan fingerprint density at radius 2 is 1.78 bits per heavy atom. The van der Waals surface area contributed by atoms with Crippen molar-refractivity contribution in [2.45, 2.75) is 38.0 Å². The van der Waals surface area contributed by atoms with E-state index in [-0.39, 0.29) is 36.8 Å². The van der Waals surface area contributed by atoms with Crippen LogP contribution in [0.4, 0.5) is 17.1 Å². The number of carbonyl (C=O) groups excluding carboxylic acids is 2. The van der Waals surface area contributed by atoms with Crippen LogP contribution in [0.2, 0.25) is 0 Å². The van der Waals surface area contributed by atoms with E-state index in [1.807, 2.05) is 53.6 Å². The number of amides is 2. The molecule has 3 aliphatic rings. The van der Waals surface area contributed by atoms with Gasteiger partial charge in [0.15, 0.2) is 11.5 Å². The van der Waals surface area contributed by atoms with Crippen molar-refractivity contribution >= 4 is 57.5 Å². The molecule has 11 heteroatoms. The van der Waals surface area contributed by atoms with Crippen LogP contribution in [0.15, 0.2) is 84.1 Å². The maximum absolute atomic E-state index is 13.7. The highest BCUT2D eigenvalue weighted by atomic mass is 35.5. The SMILES string of the molecule is COc1cc2c(cc1OCc1cncc(CC(=O)N3C[C@@H](CCl)c4c3cc(N)c3ccccc43)n1)N=C[C@@H]1Cc3ccccc3CN1C2=O. The average molecular weight is 673 g/mol. The highest BCUT2D eigenvalue weighted by Crippen LogP contribution is 2.44. The molecule has 0 unspecified atom stereocenters. The summed E-state index contributed by atoms with van der Waals surface area (Å²) < 4.78 is 11.8. The van der Waals surface area contributed by atoms with Crippen molar-refractivity contribution in [3.05, 3.63) is 113 Å². The van der Waals surface area contributed by atoms with Crippen molar-refractivity contribution in [1.29, 1.82) is 0 Å². The molecule has 8 rings (SSSR count). The summed E-state index contributed by atoms with van der Waals surface area (Å²) >= 11 is 6.39. The predicted molar refractivity (Wildman–Crippen MR) is 189 cm³/mol. The number of ether oxygens (including phenoxy) is 2. The van der Waals surface area contributed by atoms with Crippen LogP contribution in [0.3, 0.4) is 0 Å². The van der Waals surface area contributed by atoms with Crippen LogP contribution >= 0.6 is 11.6 Å². The molecule has 2 atom stereocenters. The first-order valence-corrected chi connectivity index (χ1v) is 16.7. The lowest BCUT2D eigenvalue weighted by Crippen LogP contribution is -2.44. The van der Waals surface area contributed by atoms with Crippen molar-refractivity contribution in [2.24, 2.45) is 4.99 Å². The normalized spacial score (nSPS) is 17.6.